The van der Waals surface area contributed by atoms with Gasteiger partial charge < -0.3 is 14.4 Å². The van der Waals surface area contributed by atoms with Gasteiger partial charge in [-0.25, -0.2) is 4.98 Å². The van der Waals surface area contributed by atoms with Crippen molar-refractivity contribution in [3.63, 3.8) is 0 Å². The van der Waals surface area contributed by atoms with E-state index in [9.17, 15) is 9.59 Å². The average molecular weight is 358 g/mol. The smallest absolute Gasteiger partial charge is 0.270 e. The second-order valence-corrected chi connectivity index (χ2v) is 8.16. The van der Waals surface area contributed by atoms with E-state index in [2.05, 4.69) is 4.98 Å². The van der Waals surface area contributed by atoms with Crippen molar-refractivity contribution in [2.24, 2.45) is 12.5 Å². The summed E-state index contributed by atoms with van der Waals surface area (Å²) in [7, 11) is 1.87. The molecule has 0 unspecified atom stereocenters. The molecule has 0 saturated carbocycles. The fraction of sp³-hybridized carbons (Fsp3) is 0.500. The third-order valence-electron chi connectivity index (χ3n) is 5.42. The summed E-state index contributed by atoms with van der Waals surface area (Å²) in [5.41, 5.74) is 1.24. The Kier molecular flexibility index (Phi) is 3.91. The molecular formula is C18H22N4O2S. The van der Waals surface area contributed by atoms with E-state index in [0.717, 1.165) is 30.1 Å². The Balaban J connectivity index is 1.46. The van der Waals surface area contributed by atoms with E-state index < -0.39 is 5.41 Å². The first-order chi connectivity index (χ1) is 12.0. The fourth-order valence-electron chi connectivity index (χ4n) is 3.99. The maximum Gasteiger partial charge on any atom is 0.270 e. The number of rotatable bonds is 3. The minimum atomic E-state index is -0.397. The summed E-state index contributed by atoms with van der Waals surface area (Å²) >= 11 is 1.61. The van der Waals surface area contributed by atoms with E-state index in [-0.39, 0.29) is 11.8 Å². The van der Waals surface area contributed by atoms with E-state index in [0.29, 0.717) is 25.3 Å². The van der Waals surface area contributed by atoms with Crippen LogP contribution in [0.25, 0.3) is 0 Å². The molecule has 2 aromatic rings. The molecule has 2 aliphatic rings. The topological polar surface area (TPSA) is 58.4 Å². The number of hydrogen-bond acceptors (Lipinski definition) is 4. The Bertz CT molecular complexity index is 827. The summed E-state index contributed by atoms with van der Waals surface area (Å²) in [4.78, 5) is 34.0. The number of nitrogens with zero attached hydrogens (tertiary/aromatic N) is 4. The van der Waals surface area contributed by atoms with Gasteiger partial charge in [0, 0.05) is 38.3 Å². The molecule has 2 saturated heterocycles. The molecule has 0 aliphatic carbocycles. The molecule has 0 N–H and O–H groups in total. The van der Waals surface area contributed by atoms with E-state index in [4.69, 9.17) is 0 Å². The van der Waals surface area contributed by atoms with Crippen LogP contribution in [0.5, 0.6) is 0 Å². The second-order valence-electron chi connectivity index (χ2n) is 7.10. The number of thiazole rings is 1. The number of aryl methyl sites for hydroxylation is 2. The standard InChI is InChI=1S/C18H22N4O2S/c1-13-19-14(11-25-13)10-21-8-5-18(17(21)24)6-9-22(12-18)16(23)15-4-3-7-20(15)2/h3-4,7,11H,5-6,8-10,12H2,1-2H3/t18-/m1/s1. The van der Waals surface area contributed by atoms with Crippen molar-refractivity contribution in [2.45, 2.75) is 26.3 Å². The number of amides is 2. The first-order valence-corrected chi connectivity index (χ1v) is 9.47. The minimum absolute atomic E-state index is 0.0192. The van der Waals surface area contributed by atoms with Gasteiger partial charge in [-0.2, -0.15) is 0 Å². The van der Waals surface area contributed by atoms with Gasteiger partial charge in [0.15, 0.2) is 0 Å². The molecule has 0 radical (unpaired) electrons. The van der Waals surface area contributed by atoms with E-state index in [1.54, 1.807) is 11.3 Å². The predicted octanol–water partition coefficient (Wildman–Crippen LogP) is 2.05. The Hall–Kier alpha value is -2.15. The molecule has 2 amide bonds. The van der Waals surface area contributed by atoms with Gasteiger partial charge in [0.25, 0.3) is 5.91 Å². The van der Waals surface area contributed by atoms with E-state index >= 15 is 0 Å². The summed E-state index contributed by atoms with van der Waals surface area (Å²) in [6.45, 7) is 4.49. The lowest BCUT2D eigenvalue weighted by Gasteiger charge is -2.23. The Morgan fingerprint density at radius 1 is 1.36 bits per heavy atom. The average Bonchev–Trinajstić information content (AvgIpc) is 3.34. The molecule has 0 aromatic carbocycles. The molecule has 2 aliphatic heterocycles. The molecule has 1 spiro atoms. The molecule has 2 fully saturated rings. The number of carbonyl (C=O) groups excluding carboxylic acids is 2. The van der Waals surface area contributed by atoms with Gasteiger partial charge >= 0.3 is 0 Å². The highest BCUT2D eigenvalue weighted by Crippen LogP contribution is 2.41. The van der Waals surface area contributed by atoms with Crippen molar-refractivity contribution in [2.75, 3.05) is 19.6 Å². The maximum absolute atomic E-state index is 13.0. The molecule has 1 atom stereocenters. The zero-order valence-electron chi connectivity index (χ0n) is 14.6. The number of aromatic nitrogens is 2. The highest BCUT2D eigenvalue weighted by molar-refractivity contribution is 7.09. The van der Waals surface area contributed by atoms with Crippen molar-refractivity contribution in [3.8, 4) is 0 Å². The number of hydrogen-bond donors (Lipinski definition) is 0. The predicted molar refractivity (Wildman–Crippen MR) is 95.3 cm³/mol. The normalized spacial score (nSPS) is 23.2. The first kappa shape index (κ1) is 16.3. The zero-order valence-corrected chi connectivity index (χ0v) is 15.4. The molecule has 4 heterocycles. The molecule has 7 heteroatoms. The zero-order chi connectivity index (χ0) is 17.6. The van der Waals surface area contributed by atoms with Gasteiger partial charge in [0.2, 0.25) is 5.91 Å². The third kappa shape index (κ3) is 2.76. The van der Waals surface area contributed by atoms with Crippen LogP contribution in [0.1, 0.15) is 34.0 Å². The van der Waals surface area contributed by atoms with E-state index in [1.807, 2.05) is 52.0 Å². The molecule has 25 heavy (non-hydrogen) atoms. The summed E-state index contributed by atoms with van der Waals surface area (Å²) in [6.07, 6.45) is 3.46. The van der Waals surface area contributed by atoms with Crippen molar-refractivity contribution < 1.29 is 9.59 Å². The maximum atomic E-state index is 13.0. The van der Waals surface area contributed by atoms with Crippen LogP contribution in [0.15, 0.2) is 23.7 Å². The number of carbonyl (C=O) groups is 2. The van der Waals surface area contributed by atoms with Crippen LogP contribution in [0.3, 0.4) is 0 Å². The quantitative estimate of drug-likeness (QED) is 0.844. The van der Waals surface area contributed by atoms with Gasteiger partial charge in [-0.05, 0) is 31.9 Å². The van der Waals surface area contributed by atoms with Gasteiger partial charge in [-0.1, -0.05) is 0 Å². The summed E-state index contributed by atoms with van der Waals surface area (Å²) in [6, 6.07) is 3.71. The van der Waals surface area contributed by atoms with Crippen LogP contribution >= 0.6 is 11.3 Å². The van der Waals surface area contributed by atoms with Gasteiger partial charge in [0.1, 0.15) is 5.69 Å². The summed E-state index contributed by atoms with van der Waals surface area (Å²) < 4.78 is 1.83. The second kappa shape index (κ2) is 5.98. The van der Waals surface area contributed by atoms with Crippen molar-refractivity contribution in [3.05, 3.63) is 40.1 Å². The van der Waals surface area contributed by atoms with E-state index in [1.165, 1.54) is 0 Å². The Morgan fingerprint density at radius 3 is 2.84 bits per heavy atom. The van der Waals surface area contributed by atoms with Crippen LogP contribution in [0.2, 0.25) is 0 Å². The van der Waals surface area contributed by atoms with Crippen molar-refractivity contribution in [1.82, 2.24) is 19.4 Å². The summed E-state index contributed by atoms with van der Waals surface area (Å²) in [5, 5.41) is 3.05. The van der Waals surface area contributed by atoms with Gasteiger partial charge in [-0.15, -0.1) is 11.3 Å². The third-order valence-corrected chi connectivity index (χ3v) is 6.25. The van der Waals surface area contributed by atoms with Crippen LogP contribution in [-0.2, 0) is 18.4 Å². The van der Waals surface area contributed by atoms with Gasteiger partial charge in [-0.3, -0.25) is 9.59 Å². The van der Waals surface area contributed by atoms with Crippen LogP contribution in [0, 0.1) is 12.3 Å². The highest BCUT2D eigenvalue weighted by atomic mass is 32.1. The molecule has 132 valence electrons. The van der Waals surface area contributed by atoms with Crippen molar-refractivity contribution >= 4 is 23.2 Å². The number of likely N-dealkylation sites (tertiary alicyclic amines) is 2. The summed E-state index contributed by atoms with van der Waals surface area (Å²) in [5.74, 6) is 0.200. The molecule has 6 nitrogen and oxygen atoms in total. The Morgan fingerprint density at radius 2 is 2.16 bits per heavy atom. The van der Waals surface area contributed by atoms with Crippen LogP contribution < -0.4 is 0 Å². The Labute approximate surface area is 151 Å². The van der Waals surface area contributed by atoms with Crippen molar-refractivity contribution in [1.29, 1.82) is 0 Å². The SMILES string of the molecule is Cc1nc(CN2CC[C@]3(CCN(C(=O)c4cccn4C)C3)C2=O)cs1. The largest absolute Gasteiger partial charge is 0.347 e. The highest BCUT2D eigenvalue weighted by Gasteiger charge is 2.51. The lowest BCUT2D eigenvalue weighted by atomic mass is 9.85. The molecule has 2 aromatic heterocycles. The van der Waals surface area contributed by atoms with Crippen LogP contribution in [0.4, 0.5) is 0 Å². The fourth-order valence-corrected chi connectivity index (χ4v) is 4.59. The van der Waals surface area contributed by atoms with Crippen LogP contribution in [-0.4, -0.2) is 50.8 Å². The molecular weight excluding hydrogens is 336 g/mol. The monoisotopic (exact) mass is 358 g/mol. The first-order valence-electron chi connectivity index (χ1n) is 8.59. The molecule has 0 bridgehead atoms. The molecule has 4 rings (SSSR count). The lowest BCUT2D eigenvalue weighted by Crippen LogP contribution is -2.38. The minimum Gasteiger partial charge on any atom is -0.347 e. The van der Waals surface area contributed by atoms with Gasteiger partial charge in [0.05, 0.1) is 22.7 Å². The lowest BCUT2D eigenvalue weighted by molar-refractivity contribution is -0.135.